The van der Waals surface area contributed by atoms with Crippen LogP contribution in [0.1, 0.15) is 63.6 Å². The summed E-state index contributed by atoms with van der Waals surface area (Å²) in [7, 11) is 0. The van der Waals surface area contributed by atoms with Gasteiger partial charge in [-0.2, -0.15) is 0 Å². The third-order valence-corrected chi connectivity index (χ3v) is 4.03. The van der Waals surface area contributed by atoms with Crippen molar-refractivity contribution in [2.24, 2.45) is 0 Å². The second-order valence-corrected chi connectivity index (χ2v) is 5.21. The minimum absolute atomic E-state index is 0.284. The molecule has 100 valence electrons. The quantitative estimate of drug-likeness (QED) is 0.848. The van der Waals surface area contributed by atoms with E-state index in [1.165, 1.54) is 17.5 Å². The van der Waals surface area contributed by atoms with E-state index in [2.05, 4.69) is 51.2 Å². The summed E-state index contributed by atoms with van der Waals surface area (Å²) in [6.07, 6.45) is 2.51. The number of ether oxygens (including phenoxy) is 1. The van der Waals surface area contributed by atoms with Crippen LogP contribution in [0.3, 0.4) is 0 Å². The fraction of sp³-hybridized carbons (Fsp3) is 0.625. The zero-order valence-corrected chi connectivity index (χ0v) is 12.0. The molecule has 2 heteroatoms. The van der Waals surface area contributed by atoms with Gasteiger partial charge < -0.3 is 10.1 Å². The Morgan fingerprint density at radius 1 is 1.28 bits per heavy atom. The summed E-state index contributed by atoms with van der Waals surface area (Å²) in [4.78, 5) is 0. The highest BCUT2D eigenvalue weighted by Crippen LogP contribution is 2.39. The third kappa shape index (κ3) is 2.39. The van der Waals surface area contributed by atoms with Crippen LogP contribution in [-0.4, -0.2) is 12.6 Å². The zero-order chi connectivity index (χ0) is 13.1. The van der Waals surface area contributed by atoms with Crippen LogP contribution in [0.25, 0.3) is 0 Å². The van der Waals surface area contributed by atoms with Crippen LogP contribution in [0.4, 0.5) is 0 Å². The molecule has 1 aromatic carbocycles. The number of benzene rings is 1. The third-order valence-electron chi connectivity index (χ3n) is 4.03. The fourth-order valence-corrected chi connectivity index (χ4v) is 2.67. The molecule has 0 fully saturated rings. The summed E-state index contributed by atoms with van der Waals surface area (Å²) >= 11 is 0. The smallest absolute Gasteiger partial charge is 0.124 e. The van der Waals surface area contributed by atoms with E-state index in [1.54, 1.807) is 0 Å². The van der Waals surface area contributed by atoms with Crippen molar-refractivity contribution >= 4 is 0 Å². The van der Waals surface area contributed by atoms with Crippen molar-refractivity contribution in [3.63, 3.8) is 0 Å². The molecule has 0 aromatic heterocycles. The molecule has 0 spiro atoms. The normalized spacial score (nSPS) is 23.6. The average molecular weight is 247 g/mol. The number of hydrogen-bond donors (Lipinski definition) is 1. The van der Waals surface area contributed by atoms with Crippen molar-refractivity contribution in [1.82, 2.24) is 5.32 Å². The predicted octanol–water partition coefficient (Wildman–Crippen LogP) is 4.02. The van der Waals surface area contributed by atoms with Crippen molar-refractivity contribution in [2.45, 2.75) is 58.6 Å². The average Bonchev–Trinajstić information content (AvgIpc) is 2.75. The number of likely N-dealkylation sites (N-methyl/N-ethyl adjacent to an activating group) is 1. The van der Waals surface area contributed by atoms with Crippen LogP contribution in [0, 0.1) is 0 Å². The van der Waals surface area contributed by atoms with Gasteiger partial charge in [0.2, 0.25) is 0 Å². The number of rotatable bonds is 5. The molecular formula is C16H25NO. The van der Waals surface area contributed by atoms with Gasteiger partial charge >= 0.3 is 0 Å². The molecule has 1 aliphatic heterocycles. The van der Waals surface area contributed by atoms with Gasteiger partial charge in [0.05, 0.1) is 6.04 Å². The van der Waals surface area contributed by atoms with Gasteiger partial charge in [-0.05, 0) is 36.9 Å². The van der Waals surface area contributed by atoms with Crippen LogP contribution in [0.2, 0.25) is 0 Å². The van der Waals surface area contributed by atoms with Crippen LogP contribution in [-0.2, 0) is 0 Å². The van der Waals surface area contributed by atoms with Crippen molar-refractivity contribution < 1.29 is 4.74 Å². The minimum Gasteiger partial charge on any atom is -0.488 e. The van der Waals surface area contributed by atoms with Crippen LogP contribution < -0.4 is 10.1 Å². The first kappa shape index (κ1) is 13.4. The molecule has 0 saturated carbocycles. The lowest BCUT2D eigenvalue weighted by Gasteiger charge is -2.18. The lowest BCUT2D eigenvalue weighted by atomic mass is 9.93. The summed E-state index contributed by atoms with van der Waals surface area (Å²) in [5.74, 6) is 1.69. The molecule has 18 heavy (non-hydrogen) atoms. The van der Waals surface area contributed by atoms with E-state index in [9.17, 15) is 0 Å². The van der Waals surface area contributed by atoms with E-state index in [0.29, 0.717) is 12.0 Å². The Hall–Kier alpha value is -1.02. The molecule has 3 atom stereocenters. The van der Waals surface area contributed by atoms with E-state index in [4.69, 9.17) is 4.74 Å². The minimum atomic E-state index is 0.284. The largest absolute Gasteiger partial charge is 0.488 e. The Labute approximate surface area is 111 Å². The first-order chi connectivity index (χ1) is 8.71. The van der Waals surface area contributed by atoms with Gasteiger partial charge in [0.1, 0.15) is 11.9 Å². The molecule has 1 heterocycles. The Balaban J connectivity index is 2.31. The van der Waals surface area contributed by atoms with Gasteiger partial charge in [0.25, 0.3) is 0 Å². The van der Waals surface area contributed by atoms with Crippen molar-refractivity contribution in [3.05, 3.63) is 29.3 Å². The van der Waals surface area contributed by atoms with E-state index in [0.717, 1.165) is 18.7 Å². The molecular weight excluding hydrogens is 222 g/mol. The van der Waals surface area contributed by atoms with E-state index in [1.807, 2.05) is 0 Å². The van der Waals surface area contributed by atoms with Gasteiger partial charge in [-0.15, -0.1) is 0 Å². The van der Waals surface area contributed by atoms with E-state index >= 15 is 0 Å². The van der Waals surface area contributed by atoms with Crippen LogP contribution in [0.15, 0.2) is 18.2 Å². The highest BCUT2D eigenvalue weighted by molar-refractivity contribution is 5.44. The highest BCUT2D eigenvalue weighted by atomic mass is 16.5. The van der Waals surface area contributed by atoms with Crippen molar-refractivity contribution in [1.29, 1.82) is 0 Å². The molecule has 2 rings (SSSR count). The van der Waals surface area contributed by atoms with Gasteiger partial charge in [0.15, 0.2) is 0 Å². The lowest BCUT2D eigenvalue weighted by Crippen LogP contribution is -2.30. The second kappa shape index (κ2) is 5.75. The molecule has 0 aliphatic carbocycles. The van der Waals surface area contributed by atoms with E-state index in [-0.39, 0.29) is 6.10 Å². The summed E-state index contributed by atoms with van der Waals surface area (Å²) in [5, 5.41) is 3.56. The van der Waals surface area contributed by atoms with Gasteiger partial charge in [0, 0.05) is 5.56 Å². The van der Waals surface area contributed by atoms with Gasteiger partial charge in [-0.1, -0.05) is 39.8 Å². The van der Waals surface area contributed by atoms with Gasteiger partial charge in [-0.3, -0.25) is 0 Å². The Morgan fingerprint density at radius 2 is 2.06 bits per heavy atom. The molecule has 1 aromatic rings. The fourth-order valence-electron chi connectivity index (χ4n) is 2.67. The first-order valence-electron chi connectivity index (χ1n) is 7.25. The summed E-state index contributed by atoms with van der Waals surface area (Å²) in [6, 6.07) is 7.07. The molecule has 2 nitrogen and oxygen atoms in total. The molecule has 0 saturated heterocycles. The maximum Gasteiger partial charge on any atom is 0.124 e. The lowest BCUT2D eigenvalue weighted by molar-refractivity contribution is 0.186. The topological polar surface area (TPSA) is 21.3 Å². The number of fused-ring (bicyclic) bond motifs is 1. The van der Waals surface area contributed by atoms with E-state index < -0.39 is 0 Å². The highest BCUT2D eigenvalue weighted by Gasteiger charge is 2.32. The molecule has 1 N–H and O–H groups in total. The monoisotopic (exact) mass is 247 g/mol. The predicted molar refractivity (Wildman–Crippen MR) is 76.3 cm³/mol. The van der Waals surface area contributed by atoms with Crippen LogP contribution in [0.5, 0.6) is 5.75 Å². The maximum absolute atomic E-state index is 6.03. The zero-order valence-electron chi connectivity index (χ0n) is 12.0. The standard InChI is InChI=1S/C16H25NO/c1-5-11(4)12-8-9-15-13(10-12)16(17-7-3)14(6-2)18-15/h8-11,14,16-17H,5-7H2,1-4H3. The van der Waals surface area contributed by atoms with Gasteiger partial charge in [-0.25, -0.2) is 0 Å². The number of hydrogen-bond acceptors (Lipinski definition) is 2. The number of nitrogens with one attached hydrogen (secondary N) is 1. The first-order valence-corrected chi connectivity index (χ1v) is 7.25. The Bertz CT molecular complexity index is 402. The summed E-state index contributed by atoms with van der Waals surface area (Å²) < 4.78 is 6.03. The van der Waals surface area contributed by atoms with Crippen molar-refractivity contribution in [3.8, 4) is 5.75 Å². The molecule has 0 bridgehead atoms. The SMILES string of the molecule is CCNC1c2cc(C(C)CC)ccc2OC1CC. The molecule has 3 unspecified atom stereocenters. The van der Waals surface area contributed by atoms with Crippen LogP contribution >= 0.6 is 0 Å². The Kier molecular flexibility index (Phi) is 4.28. The Morgan fingerprint density at radius 3 is 2.67 bits per heavy atom. The van der Waals surface area contributed by atoms with Crippen molar-refractivity contribution in [2.75, 3.05) is 6.54 Å². The summed E-state index contributed by atoms with van der Waals surface area (Å²) in [6.45, 7) is 9.86. The second-order valence-electron chi connectivity index (χ2n) is 5.21. The molecule has 0 amide bonds. The molecule has 0 radical (unpaired) electrons. The molecule has 1 aliphatic rings. The summed E-state index contributed by atoms with van der Waals surface area (Å²) in [5.41, 5.74) is 2.78. The maximum atomic E-state index is 6.03.